The minimum Gasteiger partial charge on any atom is -0.496 e. The summed E-state index contributed by atoms with van der Waals surface area (Å²) in [6.45, 7) is 0.122. The molecule has 0 aliphatic rings. The molecule has 3 heteroatoms. The van der Waals surface area contributed by atoms with Crippen molar-refractivity contribution >= 4 is 6.08 Å². The molecule has 0 amide bonds. The van der Waals surface area contributed by atoms with Gasteiger partial charge < -0.3 is 9.84 Å². The molecule has 0 atom stereocenters. The summed E-state index contributed by atoms with van der Waals surface area (Å²) in [4.78, 5) is 0. The maximum absolute atomic E-state index is 8.74. The molecule has 15 heavy (non-hydrogen) atoms. The second-order valence-corrected chi connectivity index (χ2v) is 2.98. The molecule has 1 rings (SSSR count). The number of benzene rings is 1. The smallest absolute Gasteiger partial charge is 0.126 e. The van der Waals surface area contributed by atoms with E-state index >= 15 is 0 Å². The van der Waals surface area contributed by atoms with E-state index < -0.39 is 0 Å². The second-order valence-electron chi connectivity index (χ2n) is 2.98. The average molecular weight is 203 g/mol. The van der Waals surface area contributed by atoms with Gasteiger partial charge in [-0.3, -0.25) is 0 Å². The van der Waals surface area contributed by atoms with Gasteiger partial charge in [0.25, 0.3) is 0 Å². The number of aliphatic hydroxyl groups is 1. The van der Waals surface area contributed by atoms with Crippen molar-refractivity contribution in [1.29, 1.82) is 5.26 Å². The van der Waals surface area contributed by atoms with E-state index in [-0.39, 0.29) is 6.61 Å². The summed E-state index contributed by atoms with van der Waals surface area (Å²) in [6.07, 6.45) is 4.29. The van der Waals surface area contributed by atoms with Gasteiger partial charge in [0.15, 0.2) is 0 Å². The second kappa shape index (κ2) is 5.84. The first-order chi connectivity index (χ1) is 7.31. The molecule has 0 heterocycles. The van der Waals surface area contributed by atoms with E-state index in [1.807, 2.05) is 12.2 Å². The fraction of sp³-hybridized carbons (Fsp3) is 0.250. The van der Waals surface area contributed by atoms with Crippen molar-refractivity contribution in [3.8, 4) is 11.8 Å². The van der Waals surface area contributed by atoms with Gasteiger partial charge in [-0.2, -0.15) is 5.26 Å². The monoisotopic (exact) mass is 203 g/mol. The molecule has 0 saturated heterocycles. The molecule has 0 bridgehead atoms. The Morgan fingerprint density at radius 3 is 2.93 bits per heavy atom. The van der Waals surface area contributed by atoms with Gasteiger partial charge >= 0.3 is 0 Å². The summed E-state index contributed by atoms with van der Waals surface area (Å²) in [5, 5.41) is 17.4. The molecule has 78 valence electrons. The zero-order valence-electron chi connectivity index (χ0n) is 8.60. The molecule has 1 N–H and O–H groups in total. The van der Waals surface area contributed by atoms with Gasteiger partial charge in [-0.15, -0.1) is 0 Å². The lowest BCUT2D eigenvalue weighted by atomic mass is 10.1. The molecule has 0 spiro atoms. The van der Waals surface area contributed by atoms with E-state index in [0.717, 1.165) is 11.3 Å². The maximum Gasteiger partial charge on any atom is 0.126 e. The molecule has 0 aliphatic carbocycles. The molecule has 3 nitrogen and oxygen atoms in total. The average Bonchev–Trinajstić information content (AvgIpc) is 2.29. The molecule has 0 saturated carbocycles. The van der Waals surface area contributed by atoms with Crippen LogP contribution in [0, 0.1) is 11.3 Å². The molecule has 1 aromatic carbocycles. The summed E-state index contributed by atoms with van der Waals surface area (Å²) in [6, 6.07) is 7.30. The zero-order valence-corrected chi connectivity index (χ0v) is 8.60. The standard InChI is InChI=1S/C12H13NO2/c1-15-12-6-5-10(9-13)8-11(12)4-2-3-7-14/h2,4-6,8,14H,3,7H2,1H3. The lowest BCUT2D eigenvalue weighted by molar-refractivity contribution is 0.303. The van der Waals surface area contributed by atoms with Crippen molar-refractivity contribution in [3.05, 3.63) is 35.4 Å². The van der Waals surface area contributed by atoms with Crippen LogP contribution in [0.3, 0.4) is 0 Å². The fourth-order valence-corrected chi connectivity index (χ4v) is 1.22. The van der Waals surface area contributed by atoms with Crippen molar-refractivity contribution < 1.29 is 9.84 Å². The zero-order chi connectivity index (χ0) is 11.1. The van der Waals surface area contributed by atoms with Crippen LogP contribution >= 0.6 is 0 Å². The van der Waals surface area contributed by atoms with Gasteiger partial charge in [0.1, 0.15) is 5.75 Å². The third-order valence-electron chi connectivity index (χ3n) is 1.95. The van der Waals surface area contributed by atoms with Gasteiger partial charge in [0.2, 0.25) is 0 Å². The number of methoxy groups -OCH3 is 1. The van der Waals surface area contributed by atoms with Crippen molar-refractivity contribution in [3.63, 3.8) is 0 Å². The normalized spacial score (nSPS) is 10.2. The van der Waals surface area contributed by atoms with Crippen LogP contribution in [0.15, 0.2) is 24.3 Å². The Hall–Kier alpha value is -1.79. The van der Waals surface area contributed by atoms with Crippen LogP contribution in [0.25, 0.3) is 6.08 Å². The highest BCUT2D eigenvalue weighted by molar-refractivity contribution is 5.59. The van der Waals surface area contributed by atoms with Crippen molar-refractivity contribution in [1.82, 2.24) is 0 Å². The predicted octanol–water partition coefficient (Wildman–Crippen LogP) is 1.96. The molecular weight excluding hydrogens is 190 g/mol. The summed E-state index contributed by atoms with van der Waals surface area (Å²) < 4.78 is 5.15. The van der Waals surface area contributed by atoms with E-state index in [1.165, 1.54) is 0 Å². The van der Waals surface area contributed by atoms with Crippen LogP contribution in [0.1, 0.15) is 17.5 Å². The first-order valence-electron chi connectivity index (χ1n) is 4.67. The largest absolute Gasteiger partial charge is 0.496 e. The number of hydrogen-bond donors (Lipinski definition) is 1. The molecule has 1 aromatic rings. The van der Waals surface area contributed by atoms with Gasteiger partial charge in [-0.05, 0) is 24.6 Å². The molecule has 0 aliphatic heterocycles. The molecular formula is C12H13NO2. The summed E-state index contributed by atoms with van der Waals surface area (Å²) in [5.41, 5.74) is 1.45. The highest BCUT2D eigenvalue weighted by Crippen LogP contribution is 2.21. The summed E-state index contributed by atoms with van der Waals surface area (Å²) in [5.74, 6) is 0.725. The molecule has 0 fully saturated rings. The minimum absolute atomic E-state index is 0.122. The van der Waals surface area contributed by atoms with Crippen LogP contribution in [0.4, 0.5) is 0 Å². The number of aliphatic hydroxyl groups excluding tert-OH is 1. The first kappa shape index (κ1) is 11.3. The van der Waals surface area contributed by atoms with Crippen LogP contribution in [0.5, 0.6) is 5.75 Å². The van der Waals surface area contributed by atoms with E-state index in [4.69, 9.17) is 15.1 Å². The van der Waals surface area contributed by atoms with Gasteiger partial charge in [0, 0.05) is 12.2 Å². The minimum atomic E-state index is 0.122. The number of hydrogen-bond acceptors (Lipinski definition) is 3. The number of rotatable bonds is 4. The van der Waals surface area contributed by atoms with Crippen molar-refractivity contribution in [2.75, 3.05) is 13.7 Å². The van der Waals surface area contributed by atoms with E-state index in [1.54, 1.807) is 25.3 Å². The lowest BCUT2D eigenvalue weighted by Gasteiger charge is -2.04. The third-order valence-corrected chi connectivity index (χ3v) is 1.95. The molecule has 0 radical (unpaired) electrons. The van der Waals surface area contributed by atoms with Gasteiger partial charge in [0.05, 0.1) is 18.7 Å². The first-order valence-corrected chi connectivity index (χ1v) is 4.67. The van der Waals surface area contributed by atoms with Crippen molar-refractivity contribution in [2.45, 2.75) is 6.42 Å². The van der Waals surface area contributed by atoms with E-state index in [9.17, 15) is 0 Å². The number of nitriles is 1. The third kappa shape index (κ3) is 3.12. The Bertz CT molecular complexity index is 391. The van der Waals surface area contributed by atoms with E-state index in [2.05, 4.69) is 6.07 Å². The Morgan fingerprint density at radius 1 is 1.53 bits per heavy atom. The van der Waals surface area contributed by atoms with Crippen LogP contribution in [0.2, 0.25) is 0 Å². The topological polar surface area (TPSA) is 53.2 Å². The Labute approximate surface area is 89.2 Å². The van der Waals surface area contributed by atoms with Gasteiger partial charge in [-0.25, -0.2) is 0 Å². The Balaban J connectivity index is 2.97. The fourth-order valence-electron chi connectivity index (χ4n) is 1.22. The molecule has 0 aromatic heterocycles. The van der Waals surface area contributed by atoms with Gasteiger partial charge in [-0.1, -0.05) is 12.2 Å². The Kier molecular flexibility index (Phi) is 4.39. The number of nitrogens with zero attached hydrogens (tertiary/aromatic N) is 1. The SMILES string of the molecule is COc1ccc(C#N)cc1C=CCCO. The summed E-state index contributed by atoms with van der Waals surface area (Å²) in [7, 11) is 1.59. The van der Waals surface area contributed by atoms with Crippen LogP contribution in [-0.2, 0) is 0 Å². The Morgan fingerprint density at radius 2 is 2.33 bits per heavy atom. The predicted molar refractivity (Wildman–Crippen MR) is 58.4 cm³/mol. The lowest BCUT2D eigenvalue weighted by Crippen LogP contribution is -1.88. The highest BCUT2D eigenvalue weighted by atomic mass is 16.5. The highest BCUT2D eigenvalue weighted by Gasteiger charge is 2.00. The summed E-state index contributed by atoms with van der Waals surface area (Å²) >= 11 is 0. The number of ether oxygens (including phenoxy) is 1. The van der Waals surface area contributed by atoms with Crippen LogP contribution in [-0.4, -0.2) is 18.8 Å². The van der Waals surface area contributed by atoms with E-state index in [0.29, 0.717) is 12.0 Å². The maximum atomic E-state index is 8.74. The molecule has 0 unspecified atom stereocenters. The van der Waals surface area contributed by atoms with Crippen molar-refractivity contribution in [2.24, 2.45) is 0 Å². The quantitative estimate of drug-likeness (QED) is 0.813. The van der Waals surface area contributed by atoms with Crippen LogP contribution < -0.4 is 4.74 Å².